The smallest absolute Gasteiger partial charge is 0.405 e. The van der Waals surface area contributed by atoms with Gasteiger partial charge < -0.3 is 4.74 Å². The van der Waals surface area contributed by atoms with Crippen molar-refractivity contribution in [3.63, 3.8) is 0 Å². The van der Waals surface area contributed by atoms with Crippen molar-refractivity contribution in [1.82, 2.24) is 0 Å². The quantitative estimate of drug-likeness (QED) is 0.378. The number of aryl methyl sites for hydroxylation is 4. The number of hydrogen-bond donors (Lipinski definition) is 0. The van der Waals surface area contributed by atoms with Crippen LogP contribution in [0.2, 0.25) is 0 Å². The van der Waals surface area contributed by atoms with E-state index < -0.39 is 6.36 Å². The molecule has 0 heterocycles. The van der Waals surface area contributed by atoms with Crippen molar-refractivity contribution in [2.45, 2.75) is 45.4 Å². The Morgan fingerprint density at radius 1 is 0.800 bits per heavy atom. The molecule has 0 radical (unpaired) electrons. The Kier molecular flexibility index (Phi) is 6.51. The van der Waals surface area contributed by atoms with Gasteiger partial charge >= 0.3 is 6.36 Å². The van der Waals surface area contributed by atoms with E-state index in [2.05, 4.69) is 49.8 Å². The summed E-state index contributed by atoms with van der Waals surface area (Å²) >= 11 is 1.49. The Morgan fingerprint density at radius 3 is 2.13 bits per heavy atom. The summed E-state index contributed by atoms with van der Waals surface area (Å²) in [5.74, 6) is -0.176. The van der Waals surface area contributed by atoms with Gasteiger partial charge in [0.1, 0.15) is 5.75 Å². The number of benzene rings is 3. The van der Waals surface area contributed by atoms with Crippen LogP contribution in [0.1, 0.15) is 29.2 Å². The number of thioether (sulfide) groups is 1. The van der Waals surface area contributed by atoms with Crippen LogP contribution < -0.4 is 4.74 Å². The van der Waals surface area contributed by atoms with E-state index >= 15 is 0 Å². The lowest BCUT2D eigenvalue weighted by molar-refractivity contribution is -0.274. The Balaban J connectivity index is 2.22. The molecule has 3 aromatic rings. The summed E-state index contributed by atoms with van der Waals surface area (Å²) in [5, 5.41) is 0. The van der Waals surface area contributed by atoms with Gasteiger partial charge in [0.2, 0.25) is 0 Å². The van der Waals surface area contributed by atoms with Gasteiger partial charge in [0.05, 0.1) is 0 Å². The topological polar surface area (TPSA) is 9.23 Å². The fourth-order valence-electron chi connectivity index (χ4n) is 3.67. The van der Waals surface area contributed by atoms with Crippen LogP contribution in [0.5, 0.6) is 5.75 Å². The van der Waals surface area contributed by atoms with Crippen LogP contribution in [0.3, 0.4) is 0 Å². The number of hydrogen-bond acceptors (Lipinski definition) is 2. The largest absolute Gasteiger partial charge is 0.573 e. The summed E-state index contributed by atoms with van der Waals surface area (Å²) in [6.45, 7) is 8.14. The highest BCUT2D eigenvalue weighted by Gasteiger charge is 2.32. The predicted molar refractivity (Wildman–Crippen MR) is 119 cm³/mol. The van der Waals surface area contributed by atoms with Crippen LogP contribution >= 0.6 is 11.8 Å². The third kappa shape index (κ3) is 4.84. The van der Waals surface area contributed by atoms with Gasteiger partial charge in [-0.05, 0) is 85.0 Å². The lowest BCUT2D eigenvalue weighted by Gasteiger charge is -2.19. The van der Waals surface area contributed by atoms with Crippen LogP contribution in [-0.4, -0.2) is 12.6 Å². The molecule has 0 aliphatic rings. The minimum Gasteiger partial charge on any atom is -0.405 e. The van der Waals surface area contributed by atoms with Gasteiger partial charge in [-0.3, -0.25) is 0 Å². The molecule has 0 amide bonds. The molecular formula is C25H25F3OS. The molecule has 0 aliphatic carbocycles. The van der Waals surface area contributed by atoms with E-state index in [1.165, 1.54) is 29.0 Å². The number of halogens is 3. The van der Waals surface area contributed by atoms with Crippen molar-refractivity contribution >= 4 is 11.8 Å². The molecule has 158 valence electrons. The zero-order valence-corrected chi connectivity index (χ0v) is 18.6. The normalized spacial score (nSPS) is 11.6. The molecule has 0 spiro atoms. The molecule has 1 nitrogen and oxygen atoms in total. The maximum Gasteiger partial charge on any atom is 0.573 e. The average Bonchev–Trinajstić information content (AvgIpc) is 2.69. The standard InChI is InChI=1S/C25H25F3OS/c1-6-18-13-21(17(4)12-22(18)20-11-15(2)7-8-16(20)3)23-14-19(30-5)9-10-24(23)29-25(26,27)28/h7-14H,6H2,1-5H3. The Labute approximate surface area is 180 Å². The summed E-state index contributed by atoms with van der Waals surface area (Å²) in [5.41, 5.74) is 7.85. The van der Waals surface area contributed by atoms with Crippen molar-refractivity contribution in [2.75, 3.05) is 6.26 Å². The molecule has 0 saturated carbocycles. The van der Waals surface area contributed by atoms with Crippen LogP contribution in [0.25, 0.3) is 22.3 Å². The van der Waals surface area contributed by atoms with E-state index in [0.29, 0.717) is 5.56 Å². The molecule has 30 heavy (non-hydrogen) atoms. The van der Waals surface area contributed by atoms with Gasteiger partial charge in [-0.15, -0.1) is 24.9 Å². The van der Waals surface area contributed by atoms with Crippen LogP contribution in [0.15, 0.2) is 53.4 Å². The molecule has 0 atom stereocenters. The van der Waals surface area contributed by atoms with Crippen molar-refractivity contribution in [2.24, 2.45) is 0 Å². The third-order valence-corrected chi connectivity index (χ3v) is 5.94. The van der Waals surface area contributed by atoms with E-state index in [0.717, 1.165) is 39.1 Å². The molecule has 0 saturated heterocycles. The summed E-state index contributed by atoms with van der Waals surface area (Å²) in [6, 6.07) is 15.3. The summed E-state index contributed by atoms with van der Waals surface area (Å²) < 4.78 is 43.4. The van der Waals surface area contributed by atoms with Gasteiger partial charge in [-0.2, -0.15) is 0 Å². The molecule has 0 aromatic heterocycles. The van der Waals surface area contributed by atoms with E-state index in [4.69, 9.17) is 0 Å². The SMILES string of the molecule is CCc1cc(-c2cc(SC)ccc2OC(F)(F)F)c(C)cc1-c1cc(C)ccc1C. The summed E-state index contributed by atoms with van der Waals surface area (Å²) in [7, 11) is 0. The molecule has 3 aromatic carbocycles. The van der Waals surface area contributed by atoms with Gasteiger partial charge in [0, 0.05) is 10.5 Å². The maximum absolute atomic E-state index is 13.0. The van der Waals surface area contributed by atoms with Crippen LogP contribution in [-0.2, 0) is 6.42 Å². The minimum absolute atomic E-state index is 0.176. The van der Waals surface area contributed by atoms with E-state index in [-0.39, 0.29) is 5.75 Å². The van der Waals surface area contributed by atoms with Gasteiger partial charge in [-0.25, -0.2) is 0 Å². The lowest BCUT2D eigenvalue weighted by Crippen LogP contribution is -2.17. The molecule has 5 heteroatoms. The average molecular weight is 431 g/mol. The molecule has 3 rings (SSSR count). The molecule has 0 N–H and O–H groups in total. The van der Waals surface area contributed by atoms with Crippen molar-refractivity contribution in [3.05, 3.63) is 70.8 Å². The summed E-state index contributed by atoms with van der Waals surface area (Å²) in [4.78, 5) is 0.885. The van der Waals surface area contributed by atoms with Crippen LogP contribution in [0.4, 0.5) is 13.2 Å². The van der Waals surface area contributed by atoms with E-state index in [1.807, 2.05) is 19.2 Å². The second kappa shape index (κ2) is 8.76. The first-order chi connectivity index (χ1) is 14.1. The molecule has 0 unspecified atom stereocenters. The van der Waals surface area contributed by atoms with Crippen LogP contribution in [0, 0.1) is 20.8 Å². The highest BCUT2D eigenvalue weighted by molar-refractivity contribution is 7.98. The van der Waals surface area contributed by atoms with Crippen molar-refractivity contribution in [1.29, 1.82) is 0 Å². The zero-order chi connectivity index (χ0) is 22.1. The first kappa shape index (κ1) is 22.3. The fraction of sp³-hybridized carbons (Fsp3) is 0.280. The summed E-state index contributed by atoms with van der Waals surface area (Å²) in [6.07, 6.45) is -2.07. The van der Waals surface area contributed by atoms with Gasteiger partial charge in [0.25, 0.3) is 0 Å². The molecule has 0 bridgehead atoms. The highest BCUT2D eigenvalue weighted by atomic mass is 32.2. The monoisotopic (exact) mass is 430 g/mol. The zero-order valence-electron chi connectivity index (χ0n) is 17.8. The minimum atomic E-state index is -4.74. The molecular weight excluding hydrogens is 405 g/mol. The van der Waals surface area contributed by atoms with E-state index in [1.54, 1.807) is 12.1 Å². The first-order valence-corrected chi connectivity index (χ1v) is 11.0. The van der Waals surface area contributed by atoms with Gasteiger partial charge in [0.15, 0.2) is 0 Å². The highest BCUT2D eigenvalue weighted by Crippen LogP contribution is 2.40. The van der Waals surface area contributed by atoms with Crippen molar-refractivity contribution < 1.29 is 17.9 Å². The first-order valence-electron chi connectivity index (χ1n) is 9.78. The fourth-order valence-corrected chi connectivity index (χ4v) is 4.11. The number of ether oxygens (including phenoxy) is 1. The Morgan fingerprint density at radius 2 is 1.50 bits per heavy atom. The second-order valence-electron chi connectivity index (χ2n) is 7.41. The molecule has 0 fully saturated rings. The predicted octanol–water partition coefficient (Wildman–Crippen LogP) is 8.13. The Bertz CT molecular complexity index is 1070. The van der Waals surface area contributed by atoms with Gasteiger partial charge in [-0.1, -0.05) is 42.8 Å². The van der Waals surface area contributed by atoms with E-state index in [9.17, 15) is 13.2 Å². The Hall–Kier alpha value is -2.40. The molecule has 0 aliphatic heterocycles. The third-order valence-electron chi connectivity index (χ3n) is 5.22. The number of alkyl halides is 3. The number of rotatable bonds is 5. The lowest BCUT2D eigenvalue weighted by atomic mass is 9.88. The van der Waals surface area contributed by atoms with Crippen molar-refractivity contribution in [3.8, 4) is 28.0 Å². The maximum atomic E-state index is 13.0. The second-order valence-corrected chi connectivity index (χ2v) is 8.29.